The van der Waals surface area contributed by atoms with Crippen molar-refractivity contribution in [2.75, 3.05) is 0 Å². The Kier molecular flexibility index (Phi) is 6.13. The fourth-order valence-corrected chi connectivity index (χ4v) is 3.91. The Bertz CT molecular complexity index is 1380. The fourth-order valence-electron chi connectivity index (χ4n) is 3.13. The van der Waals surface area contributed by atoms with Crippen molar-refractivity contribution in [3.63, 3.8) is 0 Å². The number of hydrogen-bond donors (Lipinski definition) is 3. The van der Waals surface area contributed by atoms with Gasteiger partial charge in [0, 0.05) is 23.6 Å². The molecule has 0 bridgehead atoms. The number of thiophene rings is 1. The number of fused-ring (bicyclic) bond motifs is 1. The standard InChI is InChI=1S/C22H18FN5O4S/c1-12-8-13(2-4-15(12)23)10-24-20(29)16-9-17(28-19(27-16)6-7-26-28)21(30)25-11-14-3-5-18(33-14)22(31)32/h2-9H,10-11H2,1H3,(H,24,29)(H,25,30)(H,31,32). The number of aromatic carboxylic acids is 1. The zero-order valence-electron chi connectivity index (χ0n) is 17.3. The first-order valence-electron chi connectivity index (χ1n) is 9.80. The summed E-state index contributed by atoms with van der Waals surface area (Å²) in [5.74, 6) is -2.36. The molecule has 0 aliphatic carbocycles. The molecule has 33 heavy (non-hydrogen) atoms. The van der Waals surface area contributed by atoms with Gasteiger partial charge in [-0.15, -0.1) is 11.3 Å². The fraction of sp³-hybridized carbons (Fsp3) is 0.136. The Morgan fingerprint density at radius 3 is 2.58 bits per heavy atom. The Morgan fingerprint density at radius 1 is 1.06 bits per heavy atom. The summed E-state index contributed by atoms with van der Waals surface area (Å²) in [5, 5.41) is 18.5. The van der Waals surface area contributed by atoms with E-state index in [1.165, 1.54) is 28.9 Å². The van der Waals surface area contributed by atoms with Crippen LogP contribution >= 0.6 is 11.3 Å². The first kappa shape index (κ1) is 22.1. The van der Waals surface area contributed by atoms with E-state index in [-0.39, 0.29) is 35.2 Å². The lowest BCUT2D eigenvalue weighted by molar-refractivity contribution is 0.0701. The molecule has 0 radical (unpaired) electrons. The van der Waals surface area contributed by atoms with Crippen molar-refractivity contribution in [2.24, 2.45) is 0 Å². The minimum atomic E-state index is -1.03. The molecule has 0 atom stereocenters. The van der Waals surface area contributed by atoms with Crippen molar-refractivity contribution in [3.05, 3.63) is 86.7 Å². The predicted octanol–water partition coefficient (Wildman–Crippen LogP) is 2.80. The van der Waals surface area contributed by atoms with Crippen LogP contribution < -0.4 is 10.6 Å². The van der Waals surface area contributed by atoms with E-state index in [4.69, 9.17) is 5.11 Å². The molecule has 1 aromatic carbocycles. The van der Waals surface area contributed by atoms with Crippen molar-refractivity contribution in [1.29, 1.82) is 0 Å². The number of nitrogens with one attached hydrogen (secondary N) is 2. The van der Waals surface area contributed by atoms with Gasteiger partial charge >= 0.3 is 5.97 Å². The number of aromatic nitrogens is 3. The number of rotatable bonds is 7. The number of carbonyl (C=O) groups is 3. The van der Waals surface area contributed by atoms with Gasteiger partial charge < -0.3 is 15.7 Å². The molecule has 3 aromatic heterocycles. The number of carbonyl (C=O) groups excluding carboxylic acids is 2. The third-order valence-electron chi connectivity index (χ3n) is 4.80. The monoisotopic (exact) mass is 467 g/mol. The summed E-state index contributed by atoms with van der Waals surface area (Å²) in [4.78, 5) is 41.6. The molecule has 3 heterocycles. The van der Waals surface area contributed by atoms with E-state index in [0.717, 1.165) is 16.9 Å². The van der Waals surface area contributed by atoms with Crippen molar-refractivity contribution >= 4 is 34.8 Å². The third-order valence-corrected chi connectivity index (χ3v) is 5.87. The van der Waals surface area contributed by atoms with Crippen LogP contribution in [0.1, 0.15) is 46.7 Å². The summed E-state index contributed by atoms with van der Waals surface area (Å²) in [5.41, 5.74) is 1.64. The van der Waals surface area contributed by atoms with Crippen molar-refractivity contribution in [3.8, 4) is 0 Å². The van der Waals surface area contributed by atoms with E-state index >= 15 is 0 Å². The molecule has 0 saturated carbocycles. The molecule has 0 saturated heterocycles. The van der Waals surface area contributed by atoms with Gasteiger partial charge in [-0.25, -0.2) is 18.7 Å². The molecular weight excluding hydrogens is 449 g/mol. The highest BCUT2D eigenvalue weighted by atomic mass is 32.1. The molecule has 168 valence electrons. The number of aryl methyl sites for hydroxylation is 1. The quantitative estimate of drug-likeness (QED) is 0.384. The van der Waals surface area contributed by atoms with E-state index in [0.29, 0.717) is 16.1 Å². The van der Waals surface area contributed by atoms with Gasteiger partial charge in [0.2, 0.25) is 0 Å². The number of halogens is 1. The molecule has 4 aromatic rings. The highest BCUT2D eigenvalue weighted by Gasteiger charge is 2.18. The van der Waals surface area contributed by atoms with Gasteiger partial charge in [-0.1, -0.05) is 12.1 Å². The lowest BCUT2D eigenvalue weighted by atomic mass is 10.1. The summed E-state index contributed by atoms with van der Waals surface area (Å²) in [6, 6.07) is 10.5. The average molecular weight is 467 g/mol. The summed E-state index contributed by atoms with van der Waals surface area (Å²) in [7, 11) is 0. The number of benzene rings is 1. The summed E-state index contributed by atoms with van der Waals surface area (Å²) < 4.78 is 14.8. The van der Waals surface area contributed by atoms with Crippen LogP contribution in [0, 0.1) is 12.7 Å². The summed E-state index contributed by atoms with van der Waals surface area (Å²) in [6.45, 7) is 1.92. The number of carboxylic acid groups (broad SMARTS) is 1. The first-order valence-corrected chi connectivity index (χ1v) is 10.6. The lowest BCUT2D eigenvalue weighted by Gasteiger charge is -2.10. The van der Waals surface area contributed by atoms with Crippen LogP contribution in [0.3, 0.4) is 0 Å². The molecule has 4 rings (SSSR count). The average Bonchev–Trinajstić information content (AvgIpc) is 3.47. The SMILES string of the molecule is Cc1cc(CNC(=O)c2cc(C(=O)NCc3ccc(C(=O)O)s3)n3nccc3n2)ccc1F. The summed E-state index contributed by atoms with van der Waals surface area (Å²) >= 11 is 1.06. The maximum Gasteiger partial charge on any atom is 0.345 e. The van der Waals surface area contributed by atoms with Crippen LogP contribution in [0.25, 0.3) is 5.65 Å². The predicted molar refractivity (Wildman–Crippen MR) is 118 cm³/mol. The molecule has 0 fully saturated rings. The van der Waals surface area contributed by atoms with Gasteiger partial charge in [0.15, 0.2) is 5.65 Å². The van der Waals surface area contributed by atoms with Gasteiger partial charge in [-0.05, 0) is 36.2 Å². The Hall–Kier alpha value is -4.12. The maximum atomic E-state index is 13.4. The topological polar surface area (TPSA) is 126 Å². The lowest BCUT2D eigenvalue weighted by Crippen LogP contribution is -2.28. The van der Waals surface area contributed by atoms with E-state index in [2.05, 4.69) is 20.7 Å². The van der Waals surface area contributed by atoms with Gasteiger partial charge in [0.05, 0.1) is 12.7 Å². The van der Waals surface area contributed by atoms with Crippen LogP contribution in [0.15, 0.2) is 48.7 Å². The molecule has 11 heteroatoms. The second-order valence-corrected chi connectivity index (χ2v) is 8.32. The van der Waals surface area contributed by atoms with Gasteiger partial charge in [-0.3, -0.25) is 9.59 Å². The molecule has 0 unspecified atom stereocenters. The normalized spacial score (nSPS) is 10.8. The van der Waals surface area contributed by atoms with Gasteiger partial charge in [0.25, 0.3) is 11.8 Å². The molecule has 3 N–H and O–H groups in total. The Morgan fingerprint density at radius 2 is 1.85 bits per heavy atom. The zero-order chi connectivity index (χ0) is 23.5. The molecule has 9 nitrogen and oxygen atoms in total. The van der Waals surface area contributed by atoms with E-state index in [9.17, 15) is 18.8 Å². The molecule has 0 aliphatic heterocycles. The number of hydrogen-bond acceptors (Lipinski definition) is 6. The molecule has 2 amide bonds. The smallest absolute Gasteiger partial charge is 0.345 e. The summed E-state index contributed by atoms with van der Waals surface area (Å²) in [6.07, 6.45) is 1.46. The first-order chi connectivity index (χ1) is 15.8. The van der Waals surface area contributed by atoms with Crippen LogP contribution in [-0.2, 0) is 13.1 Å². The van der Waals surface area contributed by atoms with Gasteiger partial charge in [0.1, 0.15) is 22.1 Å². The number of amides is 2. The minimum absolute atomic E-state index is 0.0243. The minimum Gasteiger partial charge on any atom is -0.477 e. The van der Waals surface area contributed by atoms with E-state index in [1.54, 1.807) is 31.2 Å². The van der Waals surface area contributed by atoms with Crippen molar-refractivity contribution in [1.82, 2.24) is 25.2 Å². The number of nitrogens with zero attached hydrogens (tertiary/aromatic N) is 3. The zero-order valence-corrected chi connectivity index (χ0v) is 18.1. The van der Waals surface area contributed by atoms with Crippen LogP contribution in [0.5, 0.6) is 0 Å². The van der Waals surface area contributed by atoms with Crippen molar-refractivity contribution < 1.29 is 23.9 Å². The highest BCUT2D eigenvalue weighted by Crippen LogP contribution is 2.16. The van der Waals surface area contributed by atoms with Crippen LogP contribution in [0.2, 0.25) is 0 Å². The Balaban J connectivity index is 1.50. The second kappa shape index (κ2) is 9.17. The van der Waals surface area contributed by atoms with E-state index < -0.39 is 17.8 Å². The van der Waals surface area contributed by atoms with Crippen LogP contribution in [0.4, 0.5) is 4.39 Å². The maximum absolute atomic E-state index is 13.4. The van der Waals surface area contributed by atoms with E-state index in [1.807, 2.05) is 0 Å². The number of carboxylic acids is 1. The van der Waals surface area contributed by atoms with Gasteiger partial charge in [-0.2, -0.15) is 5.10 Å². The van der Waals surface area contributed by atoms with Crippen LogP contribution in [-0.4, -0.2) is 37.5 Å². The molecule has 0 aliphatic rings. The molecule has 0 spiro atoms. The molecular formula is C22H18FN5O4S. The highest BCUT2D eigenvalue weighted by molar-refractivity contribution is 7.13. The van der Waals surface area contributed by atoms with Crippen molar-refractivity contribution in [2.45, 2.75) is 20.0 Å². The largest absolute Gasteiger partial charge is 0.477 e. The Labute approximate surface area is 190 Å². The second-order valence-electron chi connectivity index (χ2n) is 7.15. The third kappa shape index (κ3) is 4.88.